The van der Waals surface area contributed by atoms with Crippen molar-refractivity contribution in [3.8, 4) is 0 Å². The summed E-state index contributed by atoms with van der Waals surface area (Å²) in [4.78, 5) is 12.1. The van der Waals surface area contributed by atoms with E-state index in [9.17, 15) is 4.79 Å². The average molecular weight is 367 g/mol. The molecule has 0 heterocycles. The van der Waals surface area contributed by atoms with E-state index in [1.54, 1.807) is 12.1 Å². The van der Waals surface area contributed by atoms with Gasteiger partial charge in [0.15, 0.2) is 0 Å². The van der Waals surface area contributed by atoms with Crippen LogP contribution in [0.4, 0.5) is 17.1 Å². The smallest absolute Gasteiger partial charge is 0.255 e. The van der Waals surface area contributed by atoms with Crippen molar-refractivity contribution in [2.24, 2.45) is 0 Å². The molecular weight excluding hydrogens is 352 g/mol. The lowest BCUT2D eigenvalue weighted by Crippen LogP contribution is -2.11. The molecule has 0 aliphatic rings. The van der Waals surface area contributed by atoms with Gasteiger partial charge in [-0.2, -0.15) is 0 Å². The summed E-state index contributed by atoms with van der Waals surface area (Å²) >= 11 is 3.51. The number of hydrogen-bond acceptors (Lipinski definition) is 2. The molecule has 3 rings (SSSR count). The Bertz CT molecular complexity index is 801. The first-order valence-corrected chi connectivity index (χ1v) is 8.00. The molecule has 0 saturated carbocycles. The van der Waals surface area contributed by atoms with Crippen LogP contribution in [0, 0.1) is 0 Å². The molecule has 0 aliphatic carbocycles. The van der Waals surface area contributed by atoms with Crippen LogP contribution in [0.1, 0.15) is 10.4 Å². The third-order valence-corrected chi connectivity index (χ3v) is 4.02. The predicted molar refractivity (Wildman–Crippen MR) is 98.3 cm³/mol. The van der Waals surface area contributed by atoms with E-state index in [4.69, 9.17) is 0 Å². The fraction of sp³-hybridized carbons (Fsp3) is 0. The van der Waals surface area contributed by atoms with E-state index in [0.717, 1.165) is 21.5 Å². The van der Waals surface area contributed by atoms with Gasteiger partial charge in [0.25, 0.3) is 5.91 Å². The highest BCUT2D eigenvalue weighted by atomic mass is 79.9. The molecular formula is C19H15BrN2O. The molecule has 2 N–H and O–H groups in total. The van der Waals surface area contributed by atoms with Crippen molar-refractivity contribution in [2.45, 2.75) is 0 Å². The monoisotopic (exact) mass is 366 g/mol. The van der Waals surface area contributed by atoms with Crippen LogP contribution in [0.5, 0.6) is 0 Å². The Hall–Kier alpha value is -2.59. The van der Waals surface area contributed by atoms with Crippen molar-refractivity contribution in [1.29, 1.82) is 0 Å². The van der Waals surface area contributed by atoms with Crippen molar-refractivity contribution in [3.63, 3.8) is 0 Å². The Morgan fingerprint density at radius 3 is 2.04 bits per heavy atom. The quantitative estimate of drug-likeness (QED) is 0.644. The topological polar surface area (TPSA) is 41.1 Å². The molecule has 0 atom stereocenters. The van der Waals surface area contributed by atoms with Gasteiger partial charge in [-0.15, -0.1) is 0 Å². The van der Waals surface area contributed by atoms with Crippen LogP contribution in [0.2, 0.25) is 0 Å². The first-order chi connectivity index (χ1) is 11.2. The van der Waals surface area contributed by atoms with E-state index in [2.05, 4.69) is 26.6 Å². The van der Waals surface area contributed by atoms with Crippen LogP contribution in [0.3, 0.4) is 0 Å². The maximum Gasteiger partial charge on any atom is 0.255 e. The highest BCUT2D eigenvalue weighted by Crippen LogP contribution is 2.26. The van der Waals surface area contributed by atoms with Gasteiger partial charge >= 0.3 is 0 Å². The van der Waals surface area contributed by atoms with Crippen LogP contribution in [-0.2, 0) is 0 Å². The molecule has 3 aromatic carbocycles. The van der Waals surface area contributed by atoms with Gasteiger partial charge in [-0.1, -0.05) is 30.3 Å². The zero-order valence-corrected chi connectivity index (χ0v) is 13.9. The summed E-state index contributed by atoms with van der Waals surface area (Å²) in [6.45, 7) is 0. The molecule has 0 saturated heterocycles. The standard InChI is InChI=1S/C19H15BrN2O/c20-17-8-4-5-9-18(17)21-15-10-12-16(13-11-15)22-19(23)14-6-2-1-3-7-14/h1-13,21H,(H,22,23). The largest absolute Gasteiger partial charge is 0.355 e. The molecule has 3 nitrogen and oxygen atoms in total. The van der Waals surface area contributed by atoms with Crippen LogP contribution in [0.15, 0.2) is 83.3 Å². The van der Waals surface area contributed by atoms with Crippen molar-refractivity contribution in [1.82, 2.24) is 0 Å². The Morgan fingerprint density at radius 2 is 1.35 bits per heavy atom. The van der Waals surface area contributed by atoms with E-state index < -0.39 is 0 Å². The van der Waals surface area contributed by atoms with Crippen molar-refractivity contribution < 1.29 is 4.79 Å². The normalized spacial score (nSPS) is 10.1. The number of hydrogen-bond donors (Lipinski definition) is 2. The highest BCUT2D eigenvalue weighted by molar-refractivity contribution is 9.10. The number of nitrogens with one attached hydrogen (secondary N) is 2. The second-order valence-corrected chi connectivity index (χ2v) is 5.86. The molecule has 0 unspecified atom stereocenters. The number of para-hydroxylation sites is 1. The molecule has 0 spiro atoms. The Morgan fingerprint density at radius 1 is 0.739 bits per heavy atom. The Balaban J connectivity index is 1.68. The average Bonchev–Trinajstić information content (AvgIpc) is 2.59. The molecule has 0 aliphatic heterocycles. The fourth-order valence-corrected chi connectivity index (χ4v) is 2.53. The van der Waals surface area contributed by atoms with E-state index in [0.29, 0.717) is 5.56 Å². The minimum atomic E-state index is -0.114. The number of halogens is 1. The van der Waals surface area contributed by atoms with Crippen LogP contribution in [-0.4, -0.2) is 5.91 Å². The number of anilines is 3. The van der Waals surface area contributed by atoms with Crippen molar-refractivity contribution >= 4 is 38.9 Å². The lowest BCUT2D eigenvalue weighted by molar-refractivity contribution is 0.102. The van der Waals surface area contributed by atoms with E-state index in [1.165, 1.54) is 0 Å². The first kappa shape index (κ1) is 15.3. The zero-order chi connectivity index (χ0) is 16.1. The summed E-state index contributed by atoms with van der Waals surface area (Å²) in [7, 11) is 0. The van der Waals surface area contributed by atoms with Gasteiger partial charge in [-0.3, -0.25) is 4.79 Å². The maximum absolute atomic E-state index is 12.1. The van der Waals surface area contributed by atoms with E-state index >= 15 is 0 Å². The summed E-state index contributed by atoms with van der Waals surface area (Å²) in [6.07, 6.45) is 0. The van der Waals surface area contributed by atoms with Gasteiger partial charge in [-0.05, 0) is 64.5 Å². The number of amides is 1. The second-order valence-electron chi connectivity index (χ2n) is 5.00. The molecule has 0 aromatic heterocycles. The third-order valence-electron chi connectivity index (χ3n) is 3.33. The highest BCUT2D eigenvalue weighted by Gasteiger charge is 2.05. The number of benzene rings is 3. The lowest BCUT2D eigenvalue weighted by atomic mass is 10.2. The summed E-state index contributed by atoms with van der Waals surface area (Å²) in [5, 5.41) is 6.21. The Labute approximate surface area is 143 Å². The van der Waals surface area contributed by atoms with Gasteiger partial charge in [0.2, 0.25) is 0 Å². The number of carbonyl (C=O) groups excluding carboxylic acids is 1. The van der Waals surface area contributed by atoms with E-state index in [1.807, 2.05) is 66.7 Å². The SMILES string of the molecule is O=C(Nc1ccc(Nc2ccccc2Br)cc1)c1ccccc1. The summed E-state index contributed by atoms with van der Waals surface area (Å²) in [5.41, 5.74) is 3.35. The summed E-state index contributed by atoms with van der Waals surface area (Å²) in [6, 6.07) is 24.7. The fourth-order valence-electron chi connectivity index (χ4n) is 2.15. The Kier molecular flexibility index (Phi) is 4.74. The van der Waals surface area contributed by atoms with Gasteiger partial charge in [0, 0.05) is 21.4 Å². The van der Waals surface area contributed by atoms with Crippen molar-refractivity contribution in [3.05, 3.63) is 88.9 Å². The minimum absolute atomic E-state index is 0.114. The molecule has 0 bridgehead atoms. The van der Waals surface area contributed by atoms with Crippen LogP contribution >= 0.6 is 15.9 Å². The molecule has 0 fully saturated rings. The third kappa shape index (κ3) is 3.99. The summed E-state index contributed by atoms with van der Waals surface area (Å²) < 4.78 is 1.00. The molecule has 4 heteroatoms. The van der Waals surface area contributed by atoms with Crippen LogP contribution < -0.4 is 10.6 Å². The first-order valence-electron chi connectivity index (χ1n) is 7.20. The van der Waals surface area contributed by atoms with Crippen molar-refractivity contribution in [2.75, 3.05) is 10.6 Å². The lowest BCUT2D eigenvalue weighted by Gasteiger charge is -2.10. The van der Waals surface area contributed by atoms with Crippen LogP contribution in [0.25, 0.3) is 0 Å². The number of rotatable bonds is 4. The molecule has 1 amide bonds. The van der Waals surface area contributed by atoms with Gasteiger partial charge in [0.1, 0.15) is 0 Å². The summed E-state index contributed by atoms with van der Waals surface area (Å²) in [5.74, 6) is -0.114. The molecule has 23 heavy (non-hydrogen) atoms. The zero-order valence-electron chi connectivity index (χ0n) is 12.3. The van der Waals surface area contributed by atoms with Gasteiger partial charge in [-0.25, -0.2) is 0 Å². The molecule has 114 valence electrons. The number of carbonyl (C=O) groups is 1. The maximum atomic E-state index is 12.1. The van der Waals surface area contributed by atoms with E-state index in [-0.39, 0.29) is 5.91 Å². The molecule has 0 radical (unpaired) electrons. The van der Waals surface area contributed by atoms with Gasteiger partial charge < -0.3 is 10.6 Å². The predicted octanol–water partition coefficient (Wildman–Crippen LogP) is 5.45. The minimum Gasteiger partial charge on any atom is -0.355 e. The molecule has 3 aromatic rings. The second kappa shape index (κ2) is 7.11. The van der Waals surface area contributed by atoms with Gasteiger partial charge in [0.05, 0.1) is 5.69 Å².